The van der Waals surface area contributed by atoms with Crippen LogP contribution in [0.5, 0.6) is 0 Å². The lowest BCUT2D eigenvalue weighted by atomic mass is 9.91. The topological polar surface area (TPSA) is 80.8 Å². The van der Waals surface area contributed by atoms with Crippen LogP contribution in [0.25, 0.3) is 0 Å². The zero-order chi connectivity index (χ0) is 27.7. The van der Waals surface area contributed by atoms with Gasteiger partial charge < -0.3 is 19.7 Å². The van der Waals surface area contributed by atoms with Gasteiger partial charge in [-0.2, -0.15) is 0 Å². The predicted octanol–water partition coefficient (Wildman–Crippen LogP) is 5.19. The first-order chi connectivity index (χ1) is 18.3. The second kappa shape index (κ2) is 14.6. The van der Waals surface area contributed by atoms with Gasteiger partial charge >= 0.3 is 0 Å². The maximum Gasteiger partial charge on any atom is 0.226 e. The van der Waals surface area contributed by atoms with E-state index in [9.17, 15) is 9.59 Å². The number of carbonyl (C=O) groups is 2. The summed E-state index contributed by atoms with van der Waals surface area (Å²) in [6.07, 6.45) is 4.59. The predicted molar refractivity (Wildman–Crippen MR) is 152 cm³/mol. The first-order valence-corrected chi connectivity index (χ1v) is 14.4. The molecule has 2 amide bonds. The zero-order valence-electron chi connectivity index (χ0n) is 23.4. The smallest absolute Gasteiger partial charge is 0.226 e. The fourth-order valence-electron chi connectivity index (χ4n) is 5.39. The number of rotatable bonds is 14. The Morgan fingerprint density at radius 2 is 1.92 bits per heavy atom. The summed E-state index contributed by atoms with van der Waals surface area (Å²) < 4.78 is 11.6. The summed E-state index contributed by atoms with van der Waals surface area (Å²) in [7, 11) is 3.28. The van der Waals surface area contributed by atoms with E-state index in [1.54, 1.807) is 20.4 Å². The fraction of sp³-hybridized carbons (Fsp3) is 0.567. The molecule has 208 valence electrons. The molecule has 0 aliphatic carbocycles. The third kappa shape index (κ3) is 7.52. The summed E-state index contributed by atoms with van der Waals surface area (Å²) in [6, 6.07) is 9.69. The summed E-state index contributed by atoms with van der Waals surface area (Å²) >= 11 is 1.53. The fourth-order valence-corrected chi connectivity index (χ4v) is 6.07. The Morgan fingerprint density at radius 1 is 1.18 bits per heavy atom. The summed E-state index contributed by atoms with van der Waals surface area (Å²) in [5.74, 6) is -0.427. The first kappa shape index (κ1) is 30.0. The van der Waals surface area contributed by atoms with Crippen molar-refractivity contribution in [3.8, 4) is 0 Å². The number of carbonyl (C=O) groups excluding carboxylic acids is 2. The maximum atomic E-state index is 13.5. The molecule has 1 saturated heterocycles. The zero-order valence-corrected chi connectivity index (χ0v) is 24.2. The van der Waals surface area contributed by atoms with E-state index in [-0.39, 0.29) is 42.3 Å². The van der Waals surface area contributed by atoms with Gasteiger partial charge in [0.2, 0.25) is 11.8 Å². The van der Waals surface area contributed by atoms with Crippen molar-refractivity contribution in [1.29, 1.82) is 0 Å². The van der Waals surface area contributed by atoms with Crippen molar-refractivity contribution in [2.45, 2.75) is 77.2 Å². The molecule has 0 spiro atoms. The second-order valence-electron chi connectivity index (χ2n) is 10.2. The van der Waals surface area contributed by atoms with E-state index < -0.39 is 12.0 Å². The molecule has 3 rings (SSSR count). The molecule has 1 aliphatic rings. The van der Waals surface area contributed by atoms with Gasteiger partial charge in [0, 0.05) is 38.3 Å². The molecule has 1 aromatic heterocycles. The van der Waals surface area contributed by atoms with Crippen LogP contribution in [0.15, 0.2) is 54.1 Å². The SMILES string of the molecule is C=C(CC)[C@H](C)[C@@H](CC(=O)N1CCC[C@H]1[C@H](OC)[C@@H](C)C(=O)N[C@@H](Cc1ccccc1)c1nccs1)OC. The van der Waals surface area contributed by atoms with Crippen LogP contribution >= 0.6 is 11.3 Å². The minimum Gasteiger partial charge on any atom is -0.380 e. The molecule has 0 unspecified atom stereocenters. The molecule has 2 heterocycles. The lowest BCUT2D eigenvalue weighted by Gasteiger charge is -2.35. The van der Waals surface area contributed by atoms with E-state index >= 15 is 0 Å². The van der Waals surface area contributed by atoms with Gasteiger partial charge in [-0.05, 0) is 31.2 Å². The van der Waals surface area contributed by atoms with E-state index in [1.807, 2.05) is 35.4 Å². The van der Waals surface area contributed by atoms with Crippen LogP contribution < -0.4 is 5.32 Å². The van der Waals surface area contributed by atoms with Crippen molar-refractivity contribution in [3.05, 3.63) is 64.6 Å². The van der Waals surface area contributed by atoms with Crippen LogP contribution in [-0.2, 0) is 25.5 Å². The largest absolute Gasteiger partial charge is 0.380 e. The van der Waals surface area contributed by atoms with Crippen LogP contribution in [0.1, 0.15) is 63.1 Å². The van der Waals surface area contributed by atoms with E-state index in [2.05, 4.69) is 42.9 Å². The summed E-state index contributed by atoms with van der Waals surface area (Å²) in [5, 5.41) is 6.01. The Morgan fingerprint density at radius 3 is 2.53 bits per heavy atom. The van der Waals surface area contributed by atoms with Gasteiger partial charge in [-0.15, -0.1) is 11.3 Å². The van der Waals surface area contributed by atoms with Gasteiger partial charge in [0.25, 0.3) is 0 Å². The maximum absolute atomic E-state index is 13.5. The number of methoxy groups -OCH3 is 2. The number of hydrogen-bond acceptors (Lipinski definition) is 6. The Kier molecular flexibility index (Phi) is 11.5. The van der Waals surface area contributed by atoms with Crippen molar-refractivity contribution < 1.29 is 19.1 Å². The Labute approximate surface area is 231 Å². The van der Waals surface area contributed by atoms with Gasteiger partial charge in [-0.3, -0.25) is 9.59 Å². The van der Waals surface area contributed by atoms with Gasteiger partial charge in [-0.1, -0.05) is 63.3 Å². The monoisotopic (exact) mass is 541 g/mol. The summed E-state index contributed by atoms with van der Waals surface area (Å²) in [4.78, 5) is 33.4. The van der Waals surface area contributed by atoms with Crippen LogP contribution in [0.2, 0.25) is 0 Å². The number of ether oxygens (including phenoxy) is 2. The minimum absolute atomic E-state index is 0.0366. The van der Waals surface area contributed by atoms with E-state index in [0.717, 1.165) is 35.4 Å². The molecule has 1 aromatic carbocycles. The van der Waals surface area contributed by atoms with Crippen LogP contribution in [0.4, 0.5) is 0 Å². The Bertz CT molecular complexity index is 1030. The number of thiazole rings is 1. The molecule has 2 aromatic rings. The number of benzene rings is 1. The molecule has 1 fully saturated rings. The average molecular weight is 542 g/mol. The second-order valence-corrected chi connectivity index (χ2v) is 11.1. The van der Waals surface area contributed by atoms with E-state index in [1.165, 1.54) is 11.3 Å². The number of hydrogen-bond donors (Lipinski definition) is 1. The molecule has 6 atom stereocenters. The highest BCUT2D eigenvalue weighted by Gasteiger charge is 2.41. The van der Waals surface area contributed by atoms with Crippen molar-refractivity contribution in [1.82, 2.24) is 15.2 Å². The number of aromatic nitrogens is 1. The number of nitrogens with zero attached hydrogens (tertiary/aromatic N) is 2. The molecule has 7 nitrogen and oxygen atoms in total. The van der Waals surface area contributed by atoms with E-state index in [4.69, 9.17) is 9.47 Å². The molecule has 1 aliphatic heterocycles. The van der Waals surface area contributed by atoms with Crippen molar-refractivity contribution in [2.75, 3.05) is 20.8 Å². The molecule has 38 heavy (non-hydrogen) atoms. The first-order valence-electron chi connectivity index (χ1n) is 13.6. The normalized spacial score (nSPS) is 19.4. The molecule has 0 saturated carbocycles. The van der Waals surface area contributed by atoms with Gasteiger partial charge in [0.1, 0.15) is 5.01 Å². The Balaban J connectivity index is 1.70. The highest BCUT2D eigenvalue weighted by atomic mass is 32.1. The molecule has 1 N–H and O–H groups in total. The minimum atomic E-state index is -0.450. The highest BCUT2D eigenvalue weighted by Crippen LogP contribution is 2.30. The summed E-state index contributed by atoms with van der Waals surface area (Å²) in [5.41, 5.74) is 2.21. The lowest BCUT2D eigenvalue weighted by Crippen LogP contribution is -2.50. The third-order valence-electron chi connectivity index (χ3n) is 7.86. The van der Waals surface area contributed by atoms with Crippen LogP contribution in [0, 0.1) is 11.8 Å². The van der Waals surface area contributed by atoms with E-state index in [0.29, 0.717) is 13.0 Å². The molecule has 0 bridgehead atoms. The van der Waals surface area contributed by atoms with Crippen molar-refractivity contribution >= 4 is 23.2 Å². The standard InChI is InChI=1S/C30H43N3O4S/c1-7-20(2)21(3)26(36-5)19-27(34)33-16-11-14-25(33)28(37-6)22(4)29(35)32-24(30-31-15-17-38-30)18-23-12-9-8-10-13-23/h8-10,12-13,15,17,21-22,24-26,28H,2,7,11,14,16,18-19H2,1,3-6H3,(H,32,35)/t21-,22+,24-,25-,26+,28+/m0/s1. The van der Waals surface area contributed by atoms with Crippen LogP contribution in [-0.4, -0.2) is 60.7 Å². The van der Waals surface area contributed by atoms with Crippen molar-refractivity contribution in [3.63, 3.8) is 0 Å². The number of likely N-dealkylation sites (tertiary alicyclic amines) is 1. The van der Waals surface area contributed by atoms with Gasteiger partial charge in [-0.25, -0.2) is 4.98 Å². The number of amides is 2. The quantitative estimate of drug-likeness (QED) is 0.333. The number of nitrogens with one attached hydrogen (secondary N) is 1. The molecular weight excluding hydrogens is 498 g/mol. The highest BCUT2D eigenvalue weighted by molar-refractivity contribution is 7.09. The molecular formula is C30H43N3O4S. The van der Waals surface area contributed by atoms with Crippen LogP contribution in [0.3, 0.4) is 0 Å². The Hall–Kier alpha value is -2.55. The molecule has 0 radical (unpaired) electrons. The third-order valence-corrected chi connectivity index (χ3v) is 8.75. The van der Waals surface area contributed by atoms with Gasteiger partial charge in [0.05, 0.1) is 36.6 Å². The molecule has 8 heteroatoms. The van der Waals surface area contributed by atoms with Crippen molar-refractivity contribution in [2.24, 2.45) is 11.8 Å². The average Bonchev–Trinajstić information content (AvgIpc) is 3.64. The lowest BCUT2D eigenvalue weighted by molar-refractivity contribution is -0.142. The van der Waals surface area contributed by atoms with Gasteiger partial charge in [0.15, 0.2) is 0 Å². The summed E-state index contributed by atoms with van der Waals surface area (Å²) in [6.45, 7) is 10.8.